The summed E-state index contributed by atoms with van der Waals surface area (Å²) in [6, 6.07) is 19.8. The summed E-state index contributed by atoms with van der Waals surface area (Å²) < 4.78 is 11.0. The quantitative estimate of drug-likeness (QED) is 0.782. The molecule has 1 unspecified atom stereocenters. The summed E-state index contributed by atoms with van der Waals surface area (Å²) in [5, 5.41) is 17.4. The molecule has 1 atom stereocenters. The van der Waals surface area contributed by atoms with Crippen LogP contribution in [-0.4, -0.2) is 12.4 Å². The van der Waals surface area contributed by atoms with Crippen LogP contribution in [0.4, 0.5) is 0 Å². The van der Waals surface area contributed by atoms with E-state index >= 15 is 0 Å². The predicted octanol–water partition coefficient (Wildman–Crippen LogP) is 3.48. The summed E-state index contributed by atoms with van der Waals surface area (Å²) in [6.45, 7) is -0.237. The molecule has 0 saturated carbocycles. The van der Waals surface area contributed by atoms with E-state index in [1.54, 1.807) is 30.3 Å². The highest BCUT2D eigenvalue weighted by Crippen LogP contribution is 2.23. The van der Waals surface area contributed by atoms with Gasteiger partial charge in [-0.25, -0.2) is 0 Å². The summed E-state index contributed by atoms with van der Waals surface area (Å²) in [4.78, 5) is 11.7. The van der Waals surface area contributed by atoms with Crippen LogP contribution in [0, 0.1) is 28.6 Å². The molecule has 0 fully saturated rings. The molecule has 0 aliphatic heterocycles. The lowest BCUT2D eigenvalue weighted by Crippen LogP contribution is -2.20. The second-order valence-electron chi connectivity index (χ2n) is 4.69. The van der Waals surface area contributed by atoms with Crippen molar-refractivity contribution in [3.63, 3.8) is 0 Å². The number of ketones is 1. The van der Waals surface area contributed by atoms with E-state index in [1.807, 2.05) is 36.4 Å². The molecule has 5 nitrogen and oxygen atoms in total. The molecule has 0 heterocycles. The van der Waals surface area contributed by atoms with Gasteiger partial charge in [-0.15, -0.1) is 0 Å². The van der Waals surface area contributed by atoms with E-state index in [4.69, 9.17) is 20.0 Å². The zero-order valence-electron chi connectivity index (χ0n) is 12.3. The average Bonchev–Trinajstić information content (AvgIpc) is 2.59. The van der Waals surface area contributed by atoms with Crippen LogP contribution in [0.2, 0.25) is 0 Å². The molecule has 0 spiro atoms. The Bertz CT molecular complexity index is 728. The minimum Gasteiger partial charge on any atom is -0.486 e. The van der Waals surface area contributed by atoms with Crippen LogP contribution in [0.5, 0.6) is 17.2 Å². The normalized spacial score (nSPS) is 10.9. The Labute approximate surface area is 134 Å². The first-order valence-corrected chi connectivity index (χ1v) is 6.98. The fraction of sp³-hybridized carbons (Fsp3) is 0.167. The molecule has 0 aliphatic carbocycles. The van der Waals surface area contributed by atoms with Crippen LogP contribution in [-0.2, 0) is 4.79 Å². The molecular weight excluding hydrogens is 292 g/mol. The third-order valence-electron chi connectivity index (χ3n) is 3.02. The summed E-state index contributed by atoms with van der Waals surface area (Å²) in [5.41, 5.74) is 0. The van der Waals surface area contributed by atoms with Gasteiger partial charge in [0.25, 0.3) is 0 Å². The highest BCUT2D eigenvalue weighted by molar-refractivity contribution is 5.84. The summed E-state index contributed by atoms with van der Waals surface area (Å²) >= 11 is 0. The monoisotopic (exact) mass is 306 g/mol. The molecule has 0 saturated heterocycles. The Hall–Kier alpha value is -3.31. The van der Waals surface area contributed by atoms with Gasteiger partial charge in [-0.05, 0) is 36.4 Å². The van der Waals surface area contributed by atoms with E-state index in [1.165, 1.54) is 0 Å². The maximum atomic E-state index is 11.7. The maximum Gasteiger partial charge on any atom is 0.188 e. The molecule has 0 N–H and O–H groups in total. The molecule has 2 aromatic rings. The van der Waals surface area contributed by atoms with E-state index < -0.39 is 11.7 Å². The van der Waals surface area contributed by atoms with Gasteiger partial charge in [0.15, 0.2) is 5.78 Å². The molecule has 0 amide bonds. The summed E-state index contributed by atoms with van der Waals surface area (Å²) in [7, 11) is 0. The number of carbonyl (C=O) groups is 1. The number of nitriles is 2. The number of carbonyl (C=O) groups excluding carboxylic acids is 1. The molecular formula is C18H14N2O3. The highest BCUT2D eigenvalue weighted by atomic mass is 16.5. The first kappa shape index (κ1) is 16.1. The van der Waals surface area contributed by atoms with Crippen molar-refractivity contribution >= 4 is 5.78 Å². The Balaban J connectivity index is 1.89. The number of para-hydroxylation sites is 1. The van der Waals surface area contributed by atoms with Crippen molar-refractivity contribution in [3.8, 4) is 29.4 Å². The van der Waals surface area contributed by atoms with Gasteiger partial charge in [0.2, 0.25) is 0 Å². The van der Waals surface area contributed by atoms with Crippen LogP contribution in [0.1, 0.15) is 6.42 Å². The lowest BCUT2D eigenvalue weighted by Gasteiger charge is -2.09. The number of rotatable bonds is 7. The Morgan fingerprint density at radius 2 is 1.57 bits per heavy atom. The number of Topliss-reactive ketones (excluding diaryl/α,β-unsaturated/α-hetero) is 1. The van der Waals surface area contributed by atoms with Gasteiger partial charge in [-0.3, -0.25) is 4.79 Å². The van der Waals surface area contributed by atoms with Gasteiger partial charge >= 0.3 is 0 Å². The number of nitrogens with zero attached hydrogens (tertiary/aromatic N) is 2. The summed E-state index contributed by atoms with van der Waals surface area (Å²) in [6.07, 6.45) is -0.122. The minimum atomic E-state index is -0.944. The first-order valence-electron chi connectivity index (χ1n) is 6.98. The first-order chi connectivity index (χ1) is 11.2. The van der Waals surface area contributed by atoms with Gasteiger partial charge in [-0.1, -0.05) is 18.2 Å². The molecule has 2 aromatic carbocycles. The minimum absolute atomic E-state index is 0.122. The molecule has 0 aromatic heterocycles. The number of ether oxygens (including phenoxy) is 2. The molecule has 23 heavy (non-hydrogen) atoms. The van der Waals surface area contributed by atoms with Crippen LogP contribution >= 0.6 is 0 Å². The largest absolute Gasteiger partial charge is 0.486 e. The highest BCUT2D eigenvalue weighted by Gasteiger charge is 2.17. The average molecular weight is 306 g/mol. The van der Waals surface area contributed by atoms with Crippen molar-refractivity contribution in [3.05, 3.63) is 54.6 Å². The van der Waals surface area contributed by atoms with Crippen LogP contribution in [0.3, 0.4) is 0 Å². The zero-order valence-corrected chi connectivity index (χ0v) is 12.3. The third kappa shape index (κ3) is 4.87. The molecule has 0 radical (unpaired) electrons. The Morgan fingerprint density at radius 3 is 2.17 bits per heavy atom. The standard InChI is InChI=1S/C18H14N2O3/c19-11-10-14(12-20)18(21)13-22-15-6-8-17(9-7-15)23-16-4-2-1-3-5-16/h1-9,14H,10,13H2. The second-order valence-corrected chi connectivity index (χ2v) is 4.69. The third-order valence-corrected chi connectivity index (χ3v) is 3.02. The second kappa shape index (κ2) is 8.21. The van der Waals surface area contributed by atoms with Gasteiger partial charge in [0, 0.05) is 0 Å². The van der Waals surface area contributed by atoms with Crippen molar-refractivity contribution in [2.45, 2.75) is 6.42 Å². The fourth-order valence-corrected chi connectivity index (χ4v) is 1.81. The Morgan fingerprint density at radius 1 is 0.957 bits per heavy atom. The molecule has 2 rings (SSSR count). The van der Waals surface area contributed by atoms with Crippen molar-refractivity contribution in [1.82, 2.24) is 0 Å². The van der Waals surface area contributed by atoms with E-state index in [2.05, 4.69) is 0 Å². The van der Waals surface area contributed by atoms with Crippen molar-refractivity contribution in [2.75, 3.05) is 6.61 Å². The Kier molecular flexibility index (Phi) is 5.74. The van der Waals surface area contributed by atoms with Crippen LogP contribution in [0.15, 0.2) is 54.6 Å². The lowest BCUT2D eigenvalue weighted by molar-refractivity contribution is -0.123. The number of hydrogen-bond donors (Lipinski definition) is 0. The zero-order chi connectivity index (χ0) is 16.5. The van der Waals surface area contributed by atoms with Crippen molar-refractivity contribution in [2.24, 2.45) is 5.92 Å². The molecule has 114 valence electrons. The van der Waals surface area contributed by atoms with Gasteiger partial charge in [-0.2, -0.15) is 10.5 Å². The van der Waals surface area contributed by atoms with E-state index in [-0.39, 0.29) is 13.0 Å². The predicted molar refractivity (Wildman–Crippen MR) is 82.8 cm³/mol. The van der Waals surface area contributed by atoms with E-state index in [0.717, 1.165) is 5.75 Å². The van der Waals surface area contributed by atoms with Gasteiger partial charge in [0.05, 0.1) is 18.6 Å². The van der Waals surface area contributed by atoms with Crippen molar-refractivity contribution < 1.29 is 14.3 Å². The molecule has 0 bridgehead atoms. The van der Waals surface area contributed by atoms with Crippen LogP contribution < -0.4 is 9.47 Å². The maximum absolute atomic E-state index is 11.7. The lowest BCUT2D eigenvalue weighted by atomic mass is 10.0. The molecule has 0 aliphatic rings. The van der Waals surface area contributed by atoms with Gasteiger partial charge < -0.3 is 9.47 Å². The SMILES string of the molecule is N#CCC(C#N)C(=O)COc1ccc(Oc2ccccc2)cc1. The fourth-order valence-electron chi connectivity index (χ4n) is 1.81. The number of benzene rings is 2. The van der Waals surface area contributed by atoms with Gasteiger partial charge in [0.1, 0.15) is 29.8 Å². The molecule has 5 heteroatoms. The summed E-state index contributed by atoms with van der Waals surface area (Å²) in [5.74, 6) is 0.519. The van der Waals surface area contributed by atoms with E-state index in [9.17, 15) is 4.79 Å². The number of hydrogen-bond acceptors (Lipinski definition) is 5. The topological polar surface area (TPSA) is 83.1 Å². The van der Waals surface area contributed by atoms with Crippen molar-refractivity contribution in [1.29, 1.82) is 10.5 Å². The van der Waals surface area contributed by atoms with E-state index in [0.29, 0.717) is 11.5 Å². The van der Waals surface area contributed by atoms with Crippen LogP contribution in [0.25, 0.3) is 0 Å². The smallest absolute Gasteiger partial charge is 0.188 e.